The Labute approximate surface area is 134 Å². The molecule has 0 radical (unpaired) electrons. The average molecular weight is 316 g/mol. The molecule has 122 valence electrons. The van der Waals surface area contributed by atoms with Crippen LogP contribution in [-0.2, 0) is 7.05 Å². The third-order valence-corrected chi connectivity index (χ3v) is 4.46. The third kappa shape index (κ3) is 2.55. The molecule has 4 rings (SSSR count). The molecule has 2 aliphatic rings. The summed E-state index contributed by atoms with van der Waals surface area (Å²) < 4.78 is 16.5. The average Bonchev–Trinajstić information content (AvgIpc) is 2.92. The molecule has 0 amide bonds. The van der Waals surface area contributed by atoms with Gasteiger partial charge in [-0.3, -0.25) is 10.00 Å². The van der Waals surface area contributed by atoms with Crippen molar-refractivity contribution < 1.29 is 4.39 Å². The number of hydrogen-bond acceptors (Lipinski definition) is 5. The van der Waals surface area contributed by atoms with Gasteiger partial charge >= 0.3 is 0 Å². The van der Waals surface area contributed by atoms with Crippen LogP contribution in [0.3, 0.4) is 0 Å². The van der Waals surface area contributed by atoms with Crippen molar-refractivity contribution in [1.82, 2.24) is 20.4 Å². The number of nitrogens with zero attached hydrogens (tertiary/aromatic N) is 4. The summed E-state index contributed by atoms with van der Waals surface area (Å²) in [5.74, 6) is 0.610. The molecule has 0 saturated carbocycles. The van der Waals surface area contributed by atoms with Crippen molar-refractivity contribution in [1.29, 1.82) is 0 Å². The van der Waals surface area contributed by atoms with Gasteiger partial charge in [-0.25, -0.2) is 4.39 Å². The van der Waals surface area contributed by atoms with E-state index in [0.717, 1.165) is 49.4 Å². The summed E-state index contributed by atoms with van der Waals surface area (Å²) in [6.07, 6.45) is 4.04. The Morgan fingerprint density at radius 1 is 1.17 bits per heavy atom. The van der Waals surface area contributed by atoms with Gasteiger partial charge in [-0.2, -0.15) is 5.10 Å². The van der Waals surface area contributed by atoms with Gasteiger partial charge in [0, 0.05) is 51.4 Å². The lowest BCUT2D eigenvalue weighted by Gasteiger charge is -2.29. The lowest BCUT2D eigenvalue weighted by Crippen LogP contribution is -2.43. The molecule has 1 aromatic carbocycles. The maximum absolute atomic E-state index is 14.7. The van der Waals surface area contributed by atoms with Crippen molar-refractivity contribution >= 4 is 22.4 Å². The minimum atomic E-state index is -0.178. The van der Waals surface area contributed by atoms with Gasteiger partial charge in [0.1, 0.15) is 5.82 Å². The van der Waals surface area contributed by atoms with E-state index in [4.69, 9.17) is 0 Å². The summed E-state index contributed by atoms with van der Waals surface area (Å²) in [6, 6.07) is 3.55. The molecule has 2 aliphatic heterocycles. The molecular weight excluding hydrogens is 295 g/mol. The fourth-order valence-electron chi connectivity index (χ4n) is 3.25. The Hall–Kier alpha value is -2.12. The van der Waals surface area contributed by atoms with Crippen LogP contribution in [0.4, 0.5) is 15.9 Å². The van der Waals surface area contributed by atoms with Crippen LogP contribution in [0.1, 0.15) is 0 Å². The van der Waals surface area contributed by atoms with Gasteiger partial charge in [0.15, 0.2) is 5.82 Å². The zero-order valence-corrected chi connectivity index (χ0v) is 13.2. The van der Waals surface area contributed by atoms with E-state index in [0.29, 0.717) is 12.4 Å². The van der Waals surface area contributed by atoms with Gasteiger partial charge in [0.2, 0.25) is 0 Å². The molecule has 1 fully saturated rings. The van der Waals surface area contributed by atoms with Crippen molar-refractivity contribution in [2.45, 2.75) is 0 Å². The zero-order valence-electron chi connectivity index (χ0n) is 13.2. The second-order valence-corrected chi connectivity index (χ2v) is 5.97. The van der Waals surface area contributed by atoms with Crippen LogP contribution in [0.15, 0.2) is 24.4 Å². The van der Waals surface area contributed by atoms with E-state index < -0.39 is 0 Å². The maximum Gasteiger partial charge on any atom is 0.163 e. The number of nitrogens with one attached hydrogen (secondary N) is 2. The van der Waals surface area contributed by atoms with Crippen molar-refractivity contribution in [2.24, 2.45) is 7.05 Å². The summed E-state index contributed by atoms with van der Waals surface area (Å²) in [7, 11) is 1.91. The molecule has 2 aromatic rings. The van der Waals surface area contributed by atoms with Crippen molar-refractivity contribution in [3.05, 3.63) is 30.2 Å². The number of aryl methyl sites for hydroxylation is 1. The first kappa shape index (κ1) is 14.5. The maximum atomic E-state index is 14.7. The van der Waals surface area contributed by atoms with E-state index in [2.05, 4.69) is 20.6 Å². The Kier molecular flexibility index (Phi) is 3.66. The first-order valence-electron chi connectivity index (χ1n) is 8.00. The molecule has 0 atom stereocenters. The quantitative estimate of drug-likeness (QED) is 0.866. The van der Waals surface area contributed by atoms with Gasteiger partial charge < -0.3 is 15.1 Å². The first-order valence-corrected chi connectivity index (χ1v) is 8.00. The van der Waals surface area contributed by atoms with E-state index in [9.17, 15) is 4.39 Å². The third-order valence-electron chi connectivity index (χ3n) is 4.46. The van der Waals surface area contributed by atoms with Crippen LogP contribution in [0, 0.1) is 5.82 Å². The first-order chi connectivity index (χ1) is 11.2. The summed E-state index contributed by atoms with van der Waals surface area (Å²) in [6.45, 7) is 4.96. The molecule has 0 bridgehead atoms. The van der Waals surface area contributed by atoms with Gasteiger partial charge in [0.25, 0.3) is 0 Å². The number of aromatic nitrogens is 2. The van der Waals surface area contributed by atoms with Gasteiger partial charge in [-0.1, -0.05) is 6.08 Å². The van der Waals surface area contributed by atoms with Crippen LogP contribution in [0.2, 0.25) is 0 Å². The highest BCUT2D eigenvalue weighted by Gasteiger charge is 2.20. The molecule has 6 nitrogen and oxygen atoms in total. The SMILES string of the molecule is Cn1nc(N2C=CCNC2)c2cc(F)c(N3CCNCC3)cc21. The highest BCUT2D eigenvalue weighted by atomic mass is 19.1. The molecule has 2 N–H and O–H groups in total. The predicted octanol–water partition coefficient (Wildman–Crippen LogP) is 1.00. The molecule has 7 heteroatoms. The van der Waals surface area contributed by atoms with Gasteiger partial charge in [-0.15, -0.1) is 0 Å². The molecule has 0 aliphatic carbocycles. The van der Waals surface area contributed by atoms with E-state index in [1.807, 2.05) is 35.0 Å². The Morgan fingerprint density at radius 3 is 2.74 bits per heavy atom. The molecule has 1 aromatic heterocycles. The largest absolute Gasteiger partial charge is 0.367 e. The Morgan fingerprint density at radius 2 is 2.00 bits per heavy atom. The van der Waals surface area contributed by atoms with E-state index in [1.54, 1.807) is 6.07 Å². The second kappa shape index (κ2) is 5.82. The van der Waals surface area contributed by atoms with Gasteiger partial charge in [0.05, 0.1) is 17.9 Å². The van der Waals surface area contributed by atoms with Crippen LogP contribution in [0.5, 0.6) is 0 Å². The highest BCUT2D eigenvalue weighted by molar-refractivity contribution is 5.93. The van der Waals surface area contributed by atoms with Crippen LogP contribution < -0.4 is 20.4 Å². The topological polar surface area (TPSA) is 48.4 Å². The van der Waals surface area contributed by atoms with Gasteiger partial charge in [-0.05, 0) is 12.1 Å². The van der Waals surface area contributed by atoms with Crippen molar-refractivity contribution in [2.75, 3.05) is 49.2 Å². The highest BCUT2D eigenvalue weighted by Crippen LogP contribution is 2.32. The summed E-state index contributed by atoms with van der Waals surface area (Å²) >= 11 is 0. The van der Waals surface area contributed by atoms with E-state index >= 15 is 0 Å². The standard InChI is InChI=1S/C16H21FN6/c1-21-14-10-15(22-7-4-18-5-8-22)13(17)9-12(14)16(20-21)23-6-2-3-19-11-23/h2,6,9-10,18-19H,3-5,7-8,11H2,1H3. The number of fused-ring (bicyclic) bond motifs is 1. The minimum Gasteiger partial charge on any atom is -0.367 e. The molecule has 0 unspecified atom stereocenters. The lowest BCUT2D eigenvalue weighted by molar-refractivity contribution is 0.567. The van der Waals surface area contributed by atoms with Crippen LogP contribution >= 0.6 is 0 Å². The van der Waals surface area contributed by atoms with Crippen LogP contribution in [0.25, 0.3) is 10.9 Å². The second-order valence-electron chi connectivity index (χ2n) is 5.97. The van der Waals surface area contributed by atoms with E-state index in [-0.39, 0.29) is 5.82 Å². The molecule has 0 spiro atoms. The molecule has 23 heavy (non-hydrogen) atoms. The minimum absolute atomic E-state index is 0.178. The number of benzene rings is 1. The molecule has 1 saturated heterocycles. The van der Waals surface area contributed by atoms with Crippen molar-refractivity contribution in [3.63, 3.8) is 0 Å². The normalized spacial score (nSPS) is 18.9. The number of halogens is 1. The zero-order chi connectivity index (χ0) is 15.8. The predicted molar refractivity (Wildman–Crippen MR) is 90.2 cm³/mol. The molecular formula is C16H21FN6. The summed E-state index contributed by atoms with van der Waals surface area (Å²) in [5.41, 5.74) is 1.62. The molecule has 3 heterocycles. The van der Waals surface area contributed by atoms with Crippen molar-refractivity contribution in [3.8, 4) is 0 Å². The van der Waals surface area contributed by atoms with Crippen LogP contribution in [-0.4, -0.2) is 49.2 Å². The monoisotopic (exact) mass is 316 g/mol. The smallest absolute Gasteiger partial charge is 0.163 e. The number of anilines is 2. The number of hydrogen-bond donors (Lipinski definition) is 2. The fourth-order valence-corrected chi connectivity index (χ4v) is 3.25. The number of piperazine rings is 1. The van der Waals surface area contributed by atoms with E-state index in [1.165, 1.54) is 0 Å². The number of rotatable bonds is 2. The summed E-state index contributed by atoms with van der Waals surface area (Å²) in [5, 5.41) is 12.0. The summed E-state index contributed by atoms with van der Waals surface area (Å²) in [4.78, 5) is 4.11. The Balaban J connectivity index is 1.78. The fraction of sp³-hybridized carbons (Fsp3) is 0.438. The Bertz CT molecular complexity index is 747. The lowest BCUT2D eigenvalue weighted by atomic mass is 10.1.